The predicted molar refractivity (Wildman–Crippen MR) is 121 cm³/mol. The van der Waals surface area contributed by atoms with Crippen LogP contribution in [0, 0.1) is 5.41 Å². The molecule has 0 aromatic heterocycles. The van der Waals surface area contributed by atoms with Crippen LogP contribution in [0.1, 0.15) is 75.2 Å². The van der Waals surface area contributed by atoms with Crippen LogP contribution in [0.3, 0.4) is 0 Å². The molecule has 0 aromatic carbocycles. The number of hydrogen-bond acceptors (Lipinski definition) is 2. The monoisotopic (exact) mass is 398 g/mol. The summed E-state index contributed by atoms with van der Waals surface area (Å²) in [5.41, 5.74) is 3.15. The molecule has 0 aromatic rings. The number of hydrogen-bond donors (Lipinski definition) is 0. The lowest BCUT2D eigenvalue weighted by Gasteiger charge is -2.45. The lowest BCUT2D eigenvalue weighted by Crippen LogP contribution is -2.47. The Morgan fingerprint density at radius 2 is 1.38 bits per heavy atom. The second-order valence-corrected chi connectivity index (χ2v) is 21.7. The van der Waals surface area contributed by atoms with Gasteiger partial charge in [-0.2, -0.15) is 0 Å². The van der Waals surface area contributed by atoms with Crippen molar-refractivity contribution >= 4 is 16.6 Å². The lowest BCUT2D eigenvalue weighted by atomic mass is 9.72. The standard InChI is InChI=1S/C22H46O2Si2/c1-17-14-18(24-26(12,13)21(5,6)7)15-22(8,9)19(17)16-23-25(10,11)20(2,3)4/h18H,14-16H2,1-13H3/t18-/m1/s1. The molecule has 0 saturated heterocycles. The van der Waals surface area contributed by atoms with Crippen molar-refractivity contribution < 1.29 is 8.85 Å². The van der Waals surface area contributed by atoms with E-state index in [1.807, 2.05) is 0 Å². The molecular weight excluding hydrogens is 352 g/mol. The first kappa shape index (κ1) is 24.1. The van der Waals surface area contributed by atoms with E-state index in [-0.39, 0.29) is 15.5 Å². The maximum absolute atomic E-state index is 6.77. The van der Waals surface area contributed by atoms with Crippen LogP contribution in [-0.4, -0.2) is 29.3 Å². The molecule has 0 amide bonds. The van der Waals surface area contributed by atoms with Gasteiger partial charge in [0.05, 0.1) is 6.61 Å². The van der Waals surface area contributed by atoms with Gasteiger partial charge in [-0.05, 0) is 67.0 Å². The Kier molecular flexibility index (Phi) is 6.95. The second-order valence-electron chi connectivity index (χ2n) is 12.1. The van der Waals surface area contributed by atoms with Gasteiger partial charge in [0, 0.05) is 6.10 Å². The van der Waals surface area contributed by atoms with Crippen LogP contribution >= 0.6 is 0 Å². The van der Waals surface area contributed by atoms with Crippen LogP contribution in [-0.2, 0) is 8.85 Å². The van der Waals surface area contributed by atoms with E-state index < -0.39 is 16.6 Å². The molecule has 0 bridgehead atoms. The minimum Gasteiger partial charge on any atom is -0.414 e. The summed E-state index contributed by atoms with van der Waals surface area (Å²) in [4.78, 5) is 0. The third-order valence-electron chi connectivity index (χ3n) is 7.25. The van der Waals surface area contributed by atoms with Gasteiger partial charge >= 0.3 is 0 Å². The maximum Gasteiger partial charge on any atom is 0.192 e. The highest BCUT2D eigenvalue weighted by Gasteiger charge is 2.43. The summed E-state index contributed by atoms with van der Waals surface area (Å²) >= 11 is 0. The van der Waals surface area contributed by atoms with E-state index in [0.29, 0.717) is 6.10 Å². The topological polar surface area (TPSA) is 18.5 Å². The van der Waals surface area contributed by atoms with E-state index in [2.05, 4.69) is 88.5 Å². The second kappa shape index (κ2) is 7.49. The largest absolute Gasteiger partial charge is 0.414 e. The van der Waals surface area contributed by atoms with Crippen molar-refractivity contribution in [3.63, 3.8) is 0 Å². The third-order valence-corrected chi connectivity index (χ3v) is 16.3. The van der Waals surface area contributed by atoms with Crippen molar-refractivity contribution in [1.82, 2.24) is 0 Å². The molecule has 0 spiro atoms. The van der Waals surface area contributed by atoms with E-state index in [1.165, 1.54) is 11.1 Å². The van der Waals surface area contributed by atoms with Gasteiger partial charge in [-0.15, -0.1) is 0 Å². The zero-order valence-corrected chi connectivity index (χ0v) is 22.0. The first-order valence-electron chi connectivity index (χ1n) is 10.3. The molecule has 0 aliphatic heterocycles. The molecule has 154 valence electrons. The van der Waals surface area contributed by atoms with Crippen LogP contribution < -0.4 is 0 Å². The average molecular weight is 399 g/mol. The summed E-state index contributed by atoms with van der Waals surface area (Å²) in [5, 5.41) is 0.523. The molecule has 0 radical (unpaired) electrons. The Bertz CT molecular complexity index is 531. The SMILES string of the molecule is CC1=C(CO[Si](C)(C)C(C)(C)C)C(C)(C)C[C@H](O[Si](C)(C)C(C)(C)C)C1. The Hall–Kier alpha value is 0.0938. The van der Waals surface area contributed by atoms with Crippen LogP contribution in [0.15, 0.2) is 11.1 Å². The minimum atomic E-state index is -1.73. The van der Waals surface area contributed by atoms with Crippen LogP contribution in [0.4, 0.5) is 0 Å². The van der Waals surface area contributed by atoms with Crippen molar-refractivity contribution in [2.45, 2.75) is 118 Å². The van der Waals surface area contributed by atoms with Gasteiger partial charge in [0.1, 0.15) is 0 Å². The van der Waals surface area contributed by atoms with Crippen molar-refractivity contribution in [3.8, 4) is 0 Å². The zero-order valence-electron chi connectivity index (χ0n) is 20.0. The van der Waals surface area contributed by atoms with E-state index in [9.17, 15) is 0 Å². The Morgan fingerprint density at radius 1 is 0.923 bits per heavy atom. The fourth-order valence-electron chi connectivity index (χ4n) is 3.27. The molecule has 0 heterocycles. The summed E-state index contributed by atoms with van der Waals surface area (Å²) in [5.74, 6) is 0. The molecule has 0 fully saturated rings. The molecule has 4 heteroatoms. The molecule has 1 atom stereocenters. The van der Waals surface area contributed by atoms with Crippen LogP contribution in [0.25, 0.3) is 0 Å². The van der Waals surface area contributed by atoms with Crippen LogP contribution in [0.5, 0.6) is 0 Å². The summed E-state index contributed by atoms with van der Waals surface area (Å²) in [6, 6.07) is 0. The molecule has 0 N–H and O–H groups in total. The van der Waals surface area contributed by atoms with E-state index >= 15 is 0 Å². The van der Waals surface area contributed by atoms with Gasteiger partial charge in [0.15, 0.2) is 16.6 Å². The lowest BCUT2D eigenvalue weighted by molar-refractivity contribution is 0.115. The minimum absolute atomic E-state index is 0.151. The van der Waals surface area contributed by atoms with Crippen molar-refractivity contribution in [2.24, 2.45) is 5.41 Å². The van der Waals surface area contributed by atoms with E-state index in [0.717, 1.165) is 19.4 Å². The molecule has 1 aliphatic rings. The van der Waals surface area contributed by atoms with Crippen molar-refractivity contribution in [3.05, 3.63) is 11.1 Å². The van der Waals surface area contributed by atoms with E-state index in [1.54, 1.807) is 0 Å². The van der Waals surface area contributed by atoms with Crippen LogP contribution in [0.2, 0.25) is 36.3 Å². The number of rotatable bonds is 5. The maximum atomic E-state index is 6.77. The summed E-state index contributed by atoms with van der Waals surface area (Å²) < 4.78 is 13.3. The average Bonchev–Trinajstić information content (AvgIpc) is 2.32. The molecule has 2 nitrogen and oxygen atoms in total. The van der Waals surface area contributed by atoms with Gasteiger partial charge in [-0.25, -0.2) is 0 Å². The predicted octanol–water partition coefficient (Wildman–Crippen LogP) is 7.54. The van der Waals surface area contributed by atoms with Gasteiger partial charge in [-0.3, -0.25) is 0 Å². The van der Waals surface area contributed by atoms with E-state index in [4.69, 9.17) is 8.85 Å². The molecule has 1 aliphatic carbocycles. The highest BCUT2D eigenvalue weighted by atomic mass is 28.4. The zero-order chi connectivity index (χ0) is 20.8. The Morgan fingerprint density at radius 3 is 1.77 bits per heavy atom. The highest BCUT2D eigenvalue weighted by molar-refractivity contribution is 6.74. The van der Waals surface area contributed by atoms with Gasteiger partial charge in [-0.1, -0.05) is 61.0 Å². The molecular formula is C22H46O2Si2. The van der Waals surface area contributed by atoms with Crippen molar-refractivity contribution in [2.75, 3.05) is 6.61 Å². The van der Waals surface area contributed by atoms with Gasteiger partial charge in [0.25, 0.3) is 0 Å². The summed E-state index contributed by atoms with van der Waals surface area (Å²) in [6.45, 7) is 31.2. The fraction of sp³-hybridized carbons (Fsp3) is 0.909. The first-order chi connectivity index (χ1) is 11.3. The third kappa shape index (κ3) is 5.56. The first-order valence-corrected chi connectivity index (χ1v) is 16.1. The molecule has 0 unspecified atom stereocenters. The molecule has 1 rings (SSSR count). The summed E-state index contributed by atoms with van der Waals surface area (Å²) in [6.07, 6.45) is 2.52. The Balaban J connectivity index is 2.94. The van der Waals surface area contributed by atoms with Crippen molar-refractivity contribution in [1.29, 1.82) is 0 Å². The van der Waals surface area contributed by atoms with Gasteiger partial charge < -0.3 is 8.85 Å². The highest BCUT2D eigenvalue weighted by Crippen LogP contribution is 2.46. The quantitative estimate of drug-likeness (QED) is 0.352. The smallest absolute Gasteiger partial charge is 0.192 e. The molecule has 0 saturated carbocycles. The fourth-order valence-corrected chi connectivity index (χ4v) is 5.56. The molecule has 26 heavy (non-hydrogen) atoms. The Labute approximate surface area is 166 Å². The summed E-state index contributed by atoms with van der Waals surface area (Å²) in [7, 11) is -3.45. The van der Waals surface area contributed by atoms with Gasteiger partial charge in [0.2, 0.25) is 0 Å². The normalized spacial score (nSPS) is 22.7.